The smallest absolute Gasteiger partial charge is 0.261 e. The fourth-order valence-corrected chi connectivity index (χ4v) is 1.95. The Morgan fingerprint density at radius 2 is 2.26 bits per heavy atom. The van der Waals surface area contributed by atoms with Gasteiger partial charge in [-0.1, -0.05) is 0 Å². The summed E-state index contributed by atoms with van der Waals surface area (Å²) in [7, 11) is 0. The number of ether oxygens (including phenoxy) is 1. The summed E-state index contributed by atoms with van der Waals surface area (Å²) < 4.78 is 5.39. The maximum atomic E-state index is 12.0. The lowest BCUT2D eigenvalue weighted by atomic mass is 10.3. The summed E-state index contributed by atoms with van der Waals surface area (Å²) in [4.78, 5) is 25.8. The molecule has 1 amide bonds. The molecule has 0 aliphatic carbocycles. The highest BCUT2D eigenvalue weighted by Gasteiger charge is 2.24. The number of rotatable bonds is 3. The Morgan fingerprint density at radius 1 is 1.32 bits per heavy atom. The Hall–Kier alpha value is -2.50. The molecule has 0 aromatic carbocycles. The van der Waals surface area contributed by atoms with Gasteiger partial charge in [0.25, 0.3) is 5.91 Å². The third-order valence-electron chi connectivity index (χ3n) is 2.93. The molecular weight excluding hydrogens is 244 g/mol. The van der Waals surface area contributed by atoms with Crippen LogP contribution in [0, 0.1) is 0 Å². The van der Waals surface area contributed by atoms with Gasteiger partial charge in [-0.05, 0) is 12.1 Å². The van der Waals surface area contributed by atoms with E-state index in [1.165, 1.54) is 6.33 Å². The molecule has 0 fully saturated rings. The van der Waals surface area contributed by atoms with Crippen molar-refractivity contribution in [3.8, 4) is 5.75 Å². The highest BCUT2D eigenvalue weighted by Crippen LogP contribution is 2.19. The maximum Gasteiger partial charge on any atom is 0.261 e. The topological polar surface area (TPSA) is 68.2 Å². The van der Waals surface area contributed by atoms with Gasteiger partial charge in [-0.15, -0.1) is 0 Å². The molecule has 0 atom stereocenters. The van der Waals surface area contributed by atoms with E-state index in [4.69, 9.17) is 4.74 Å². The molecule has 0 saturated heterocycles. The van der Waals surface area contributed by atoms with E-state index in [0.717, 1.165) is 11.3 Å². The Morgan fingerprint density at radius 3 is 3.05 bits per heavy atom. The van der Waals surface area contributed by atoms with Crippen LogP contribution >= 0.6 is 0 Å². The van der Waals surface area contributed by atoms with E-state index in [1.54, 1.807) is 35.6 Å². The third kappa shape index (κ3) is 2.52. The summed E-state index contributed by atoms with van der Waals surface area (Å²) in [5, 5.41) is 0. The van der Waals surface area contributed by atoms with Crippen molar-refractivity contribution in [2.45, 2.75) is 13.1 Å². The van der Waals surface area contributed by atoms with Gasteiger partial charge in [-0.3, -0.25) is 9.78 Å². The molecule has 6 heteroatoms. The highest BCUT2D eigenvalue weighted by atomic mass is 16.5. The second kappa shape index (κ2) is 5.01. The lowest BCUT2D eigenvalue weighted by molar-refractivity contribution is -0.134. The van der Waals surface area contributed by atoms with Crippen molar-refractivity contribution in [3.63, 3.8) is 0 Å². The van der Waals surface area contributed by atoms with Crippen LogP contribution in [0.2, 0.25) is 0 Å². The number of aromatic nitrogens is 3. The van der Waals surface area contributed by atoms with Crippen molar-refractivity contribution >= 4 is 5.91 Å². The number of carbonyl (C=O) groups is 1. The van der Waals surface area contributed by atoms with Gasteiger partial charge in [0.05, 0.1) is 18.4 Å². The van der Waals surface area contributed by atoms with E-state index < -0.39 is 0 Å². The first-order chi connectivity index (χ1) is 9.33. The normalized spacial score (nSPS) is 13.2. The first-order valence-corrected chi connectivity index (χ1v) is 5.91. The highest BCUT2D eigenvalue weighted by molar-refractivity contribution is 5.78. The first-order valence-electron chi connectivity index (χ1n) is 5.91. The Bertz CT molecular complexity index is 563. The molecule has 96 valence electrons. The molecule has 0 spiro atoms. The largest absolute Gasteiger partial charge is 0.482 e. The molecule has 19 heavy (non-hydrogen) atoms. The van der Waals surface area contributed by atoms with Gasteiger partial charge in [-0.25, -0.2) is 9.97 Å². The molecule has 0 N–H and O–H groups in total. The lowest BCUT2D eigenvalue weighted by Gasteiger charge is -2.15. The average molecular weight is 256 g/mol. The summed E-state index contributed by atoms with van der Waals surface area (Å²) in [5.41, 5.74) is 1.90. The van der Waals surface area contributed by atoms with Gasteiger partial charge >= 0.3 is 0 Å². The molecule has 6 nitrogen and oxygen atoms in total. The lowest BCUT2D eigenvalue weighted by Crippen LogP contribution is -2.30. The number of amides is 1. The summed E-state index contributed by atoms with van der Waals surface area (Å²) in [5.74, 6) is 0.522. The zero-order valence-electron chi connectivity index (χ0n) is 10.2. The molecule has 0 saturated carbocycles. The fraction of sp³-hybridized carbons (Fsp3) is 0.231. The second-order valence-corrected chi connectivity index (χ2v) is 4.22. The minimum Gasteiger partial charge on any atom is -0.482 e. The Kier molecular flexibility index (Phi) is 3.06. The first kappa shape index (κ1) is 11.6. The van der Waals surface area contributed by atoms with Gasteiger partial charge < -0.3 is 9.64 Å². The molecule has 2 aromatic rings. The van der Waals surface area contributed by atoms with E-state index in [0.29, 0.717) is 18.8 Å². The summed E-state index contributed by atoms with van der Waals surface area (Å²) in [6, 6.07) is 3.53. The minimum atomic E-state index is -0.0677. The standard InChI is InChI=1S/C13H12N4O2/c18-13(8-19-11-2-1-3-14-5-11)17-6-10-4-15-9-16-12(10)7-17/h1-5,9H,6-8H2. The molecule has 1 aliphatic rings. The van der Waals surface area contributed by atoms with Crippen molar-refractivity contribution in [2.75, 3.05) is 6.61 Å². The number of pyridine rings is 1. The van der Waals surface area contributed by atoms with Gasteiger partial charge in [0.15, 0.2) is 6.61 Å². The average Bonchev–Trinajstić information content (AvgIpc) is 2.90. The van der Waals surface area contributed by atoms with Crippen LogP contribution < -0.4 is 4.74 Å². The maximum absolute atomic E-state index is 12.0. The number of nitrogens with zero attached hydrogens (tertiary/aromatic N) is 4. The van der Waals surface area contributed by atoms with Gasteiger partial charge in [0.1, 0.15) is 12.1 Å². The monoisotopic (exact) mass is 256 g/mol. The van der Waals surface area contributed by atoms with Crippen LogP contribution in [-0.4, -0.2) is 32.4 Å². The number of fused-ring (bicyclic) bond motifs is 1. The number of hydrogen-bond donors (Lipinski definition) is 0. The number of hydrogen-bond acceptors (Lipinski definition) is 5. The molecule has 0 radical (unpaired) electrons. The molecule has 3 heterocycles. The summed E-state index contributed by atoms with van der Waals surface area (Å²) in [6.07, 6.45) is 6.48. The summed E-state index contributed by atoms with van der Waals surface area (Å²) >= 11 is 0. The molecule has 0 unspecified atom stereocenters. The van der Waals surface area contributed by atoms with E-state index in [-0.39, 0.29) is 12.5 Å². The van der Waals surface area contributed by atoms with Crippen LogP contribution in [0.1, 0.15) is 11.3 Å². The van der Waals surface area contributed by atoms with Crippen molar-refractivity contribution in [2.24, 2.45) is 0 Å². The zero-order chi connectivity index (χ0) is 13.1. The van der Waals surface area contributed by atoms with Crippen LogP contribution in [0.5, 0.6) is 5.75 Å². The van der Waals surface area contributed by atoms with Crippen molar-refractivity contribution in [3.05, 3.63) is 48.3 Å². The van der Waals surface area contributed by atoms with Crippen LogP contribution in [0.3, 0.4) is 0 Å². The predicted octanol–water partition coefficient (Wildman–Crippen LogP) is 0.793. The molecular formula is C13H12N4O2. The van der Waals surface area contributed by atoms with Crippen molar-refractivity contribution in [1.29, 1.82) is 0 Å². The van der Waals surface area contributed by atoms with Gasteiger partial charge in [0.2, 0.25) is 0 Å². The van der Waals surface area contributed by atoms with Crippen molar-refractivity contribution < 1.29 is 9.53 Å². The van der Waals surface area contributed by atoms with Crippen LogP contribution in [0.4, 0.5) is 0 Å². The van der Waals surface area contributed by atoms with Crippen LogP contribution in [0.15, 0.2) is 37.1 Å². The Labute approximate surface area is 110 Å². The van der Waals surface area contributed by atoms with E-state index in [9.17, 15) is 4.79 Å². The van der Waals surface area contributed by atoms with Gasteiger partial charge in [0, 0.05) is 24.5 Å². The Balaban J connectivity index is 1.58. The molecule has 0 bridgehead atoms. The summed E-state index contributed by atoms with van der Waals surface area (Å²) in [6.45, 7) is 1.08. The van der Waals surface area contributed by atoms with E-state index in [2.05, 4.69) is 15.0 Å². The van der Waals surface area contributed by atoms with E-state index >= 15 is 0 Å². The zero-order valence-corrected chi connectivity index (χ0v) is 10.2. The quantitative estimate of drug-likeness (QED) is 0.812. The minimum absolute atomic E-state index is 0.00705. The molecule has 1 aliphatic heterocycles. The van der Waals surface area contributed by atoms with Crippen LogP contribution in [0.25, 0.3) is 0 Å². The number of carbonyl (C=O) groups excluding carboxylic acids is 1. The second-order valence-electron chi connectivity index (χ2n) is 4.22. The fourth-order valence-electron chi connectivity index (χ4n) is 1.95. The predicted molar refractivity (Wildman–Crippen MR) is 66.0 cm³/mol. The van der Waals surface area contributed by atoms with E-state index in [1.807, 2.05) is 0 Å². The SMILES string of the molecule is O=C(COc1cccnc1)N1Cc2cncnc2C1. The molecule has 3 rings (SSSR count). The van der Waals surface area contributed by atoms with Crippen molar-refractivity contribution in [1.82, 2.24) is 19.9 Å². The third-order valence-corrected chi connectivity index (χ3v) is 2.93. The molecule has 2 aromatic heterocycles. The van der Waals surface area contributed by atoms with Crippen LogP contribution in [-0.2, 0) is 17.9 Å². The van der Waals surface area contributed by atoms with Gasteiger partial charge in [-0.2, -0.15) is 0 Å².